The number of amides is 1. The summed E-state index contributed by atoms with van der Waals surface area (Å²) in [4.78, 5) is 30.7. The lowest BCUT2D eigenvalue weighted by Crippen LogP contribution is -2.29. The zero-order valence-electron chi connectivity index (χ0n) is 14.0. The summed E-state index contributed by atoms with van der Waals surface area (Å²) in [6.45, 7) is 1.61. The van der Waals surface area contributed by atoms with Gasteiger partial charge in [-0.25, -0.2) is 9.67 Å². The Hall–Kier alpha value is -3.43. The maximum atomic E-state index is 12.6. The minimum absolute atomic E-state index is 0.0693. The highest BCUT2D eigenvalue weighted by molar-refractivity contribution is 5.92. The van der Waals surface area contributed by atoms with Crippen LogP contribution < -0.4 is 10.9 Å². The summed E-state index contributed by atoms with van der Waals surface area (Å²) >= 11 is 0. The molecule has 0 radical (unpaired) electrons. The van der Waals surface area contributed by atoms with E-state index in [0.717, 1.165) is 18.2 Å². The molecule has 2 heterocycles. The van der Waals surface area contributed by atoms with Gasteiger partial charge in [-0.15, -0.1) is 0 Å². The van der Waals surface area contributed by atoms with E-state index in [2.05, 4.69) is 20.4 Å². The first kappa shape index (κ1) is 18.4. The van der Waals surface area contributed by atoms with E-state index >= 15 is 0 Å². The van der Waals surface area contributed by atoms with Crippen molar-refractivity contribution in [1.29, 1.82) is 0 Å². The second kappa shape index (κ2) is 7.06. The Morgan fingerprint density at radius 3 is 2.56 bits per heavy atom. The van der Waals surface area contributed by atoms with Gasteiger partial charge in [0.1, 0.15) is 5.69 Å². The standard InChI is InChI=1S/C17H14F3N5O2/c1-10(11-3-5-12(6-4-11)17(18,19)20)22-15(27)13-9-14(26)24-16(23-13)25-8-2-7-21-25/h2-10H,1H3,(H,22,27)(H,23,24,26)/t10-/m1/s1. The molecule has 0 aliphatic carbocycles. The van der Waals surface area contributed by atoms with Crippen LogP contribution in [-0.4, -0.2) is 25.7 Å². The molecular formula is C17H14F3N5O2. The van der Waals surface area contributed by atoms with Crippen molar-refractivity contribution in [2.75, 3.05) is 0 Å². The average Bonchev–Trinajstić information content (AvgIpc) is 3.15. The smallest absolute Gasteiger partial charge is 0.344 e. The van der Waals surface area contributed by atoms with Gasteiger partial charge < -0.3 is 5.32 Å². The van der Waals surface area contributed by atoms with E-state index in [9.17, 15) is 22.8 Å². The third-order valence-corrected chi connectivity index (χ3v) is 3.77. The normalized spacial score (nSPS) is 12.6. The van der Waals surface area contributed by atoms with Crippen LogP contribution in [0.15, 0.2) is 53.6 Å². The number of aromatic amines is 1. The number of nitrogens with one attached hydrogen (secondary N) is 2. The number of carbonyl (C=O) groups excluding carboxylic acids is 1. The number of halogens is 3. The first-order valence-corrected chi connectivity index (χ1v) is 7.83. The molecule has 0 aliphatic heterocycles. The average molecular weight is 377 g/mol. The number of aromatic nitrogens is 4. The number of carbonyl (C=O) groups is 1. The predicted octanol–water partition coefficient (Wildman–Crippen LogP) is 2.47. The van der Waals surface area contributed by atoms with Crippen LogP contribution in [0.1, 0.15) is 34.6 Å². The highest BCUT2D eigenvalue weighted by Crippen LogP contribution is 2.29. The Kier molecular flexibility index (Phi) is 4.80. The van der Waals surface area contributed by atoms with Crippen LogP contribution >= 0.6 is 0 Å². The zero-order chi connectivity index (χ0) is 19.6. The summed E-state index contributed by atoms with van der Waals surface area (Å²) in [7, 11) is 0. The molecule has 3 rings (SSSR count). The van der Waals surface area contributed by atoms with Gasteiger partial charge >= 0.3 is 6.18 Å². The summed E-state index contributed by atoms with van der Waals surface area (Å²) in [6.07, 6.45) is -1.40. The number of rotatable bonds is 4. The third-order valence-electron chi connectivity index (χ3n) is 3.77. The number of hydrogen-bond donors (Lipinski definition) is 2. The van der Waals surface area contributed by atoms with Crippen LogP contribution in [0, 0.1) is 0 Å². The Morgan fingerprint density at radius 2 is 1.96 bits per heavy atom. The molecule has 27 heavy (non-hydrogen) atoms. The Bertz CT molecular complexity index is 995. The largest absolute Gasteiger partial charge is 0.416 e. The van der Waals surface area contributed by atoms with Crippen molar-refractivity contribution in [3.63, 3.8) is 0 Å². The van der Waals surface area contributed by atoms with E-state index in [1.54, 1.807) is 19.2 Å². The Balaban J connectivity index is 1.78. The molecule has 0 saturated heterocycles. The van der Waals surface area contributed by atoms with Crippen LogP contribution in [-0.2, 0) is 6.18 Å². The van der Waals surface area contributed by atoms with Crippen molar-refractivity contribution < 1.29 is 18.0 Å². The monoisotopic (exact) mass is 377 g/mol. The Labute approximate surface area is 150 Å². The molecule has 7 nitrogen and oxygen atoms in total. The second-order valence-electron chi connectivity index (χ2n) is 5.72. The van der Waals surface area contributed by atoms with Crippen molar-refractivity contribution >= 4 is 5.91 Å². The number of H-pyrrole nitrogens is 1. The van der Waals surface area contributed by atoms with E-state index in [1.165, 1.54) is 23.0 Å². The predicted molar refractivity (Wildman–Crippen MR) is 89.3 cm³/mol. The fourth-order valence-corrected chi connectivity index (χ4v) is 2.38. The maximum absolute atomic E-state index is 12.6. The molecule has 0 fully saturated rings. The lowest BCUT2D eigenvalue weighted by Gasteiger charge is -2.15. The fraction of sp³-hybridized carbons (Fsp3) is 0.176. The molecule has 1 amide bonds. The first-order chi connectivity index (χ1) is 12.7. The van der Waals surface area contributed by atoms with Crippen molar-refractivity contribution in [2.24, 2.45) is 0 Å². The van der Waals surface area contributed by atoms with Gasteiger partial charge in [-0.1, -0.05) is 12.1 Å². The fourth-order valence-electron chi connectivity index (χ4n) is 2.38. The number of hydrogen-bond acceptors (Lipinski definition) is 4. The summed E-state index contributed by atoms with van der Waals surface area (Å²) in [6, 6.07) is 6.52. The molecule has 0 spiro atoms. The molecular weight excluding hydrogens is 363 g/mol. The molecule has 3 aromatic rings. The third kappa shape index (κ3) is 4.22. The van der Waals surface area contributed by atoms with Gasteiger partial charge in [0, 0.05) is 18.5 Å². The van der Waals surface area contributed by atoms with E-state index < -0.39 is 29.2 Å². The maximum Gasteiger partial charge on any atom is 0.416 e. The molecule has 0 bridgehead atoms. The van der Waals surface area contributed by atoms with Crippen LogP contribution in [0.4, 0.5) is 13.2 Å². The van der Waals surface area contributed by atoms with Gasteiger partial charge in [-0.05, 0) is 30.7 Å². The van der Waals surface area contributed by atoms with Gasteiger partial charge in [-0.3, -0.25) is 14.6 Å². The van der Waals surface area contributed by atoms with Crippen LogP contribution in [0.25, 0.3) is 5.95 Å². The number of benzene rings is 1. The van der Waals surface area contributed by atoms with Gasteiger partial charge in [0.25, 0.3) is 11.5 Å². The molecule has 140 valence electrons. The molecule has 2 N–H and O–H groups in total. The number of nitrogens with zero attached hydrogens (tertiary/aromatic N) is 3. The van der Waals surface area contributed by atoms with Gasteiger partial charge in [0.15, 0.2) is 0 Å². The van der Waals surface area contributed by atoms with E-state index in [4.69, 9.17) is 0 Å². The van der Waals surface area contributed by atoms with Crippen molar-refractivity contribution in [3.8, 4) is 5.95 Å². The quantitative estimate of drug-likeness (QED) is 0.731. The first-order valence-electron chi connectivity index (χ1n) is 7.83. The number of alkyl halides is 3. The molecule has 1 aromatic carbocycles. The van der Waals surface area contributed by atoms with Gasteiger partial charge in [-0.2, -0.15) is 18.3 Å². The van der Waals surface area contributed by atoms with E-state index in [0.29, 0.717) is 5.56 Å². The summed E-state index contributed by atoms with van der Waals surface area (Å²) in [5.41, 5.74) is -0.968. The van der Waals surface area contributed by atoms with E-state index in [-0.39, 0.29) is 11.6 Å². The minimum atomic E-state index is -4.43. The molecule has 0 aliphatic rings. The lowest BCUT2D eigenvalue weighted by atomic mass is 10.1. The topological polar surface area (TPSA) is 92.7 Å². The zero-order valence-corrected chi connectivity index (χ0v) is 14.0. The summed E-state index contributed by atoms with van der Waals surface area (Å²) in [5.74, 6) is -0.568. The van der Waals surface area contributed by atoms with Crippen molar-refractivity contribution in [2.45, 2.75) is 19.1 Å². The SMILES string of the molecule is C[C@@H](NC(=O)c1cc(=O)[nH]c(-n2cccn2)n1)c1ccc(C(F)(F)F)cc1. The molecule has 0 saturated carbocycles. The highest BCUT2D eigenvalue weighted by atomic mass is 19.4. The minimum Gasteiger partial charge on any atom is -0.344 e. The van der Waals surface area contributed by atoms with Gasteiger partial charge in [0.05, 0.1) is 11.6 Å². The molecule has 0 unspecified atom stereocenters. The van der Waals surface area contributed by atoms with Crippen molar-refractivity contribution in [1.82, 2.24) is 25.1 Å². The summed E-state index contributed by atoms with van der Waals surface area (Å²) in [5, 5.41) is 6.53. The molecule has 2 aromatic heterocycles. The van der Waals surface area contributed by atoms with Crippen LogP contribution in [0.5, 0.6) is 0 Å². The Morgan fingerprint density at radius 1 is 1.26 bits per heavy atom. The summed E-state index contributed by atoms with van der Waals surface area (Å²) < 4.78 is 39.2. The van der Waals surface area contributed by atoms with Crippen LogP contribution in [0.3, 0.4) is 0 Å². The van der Waals surface area contributed by atoms with Crippen LogP contribution in [0.2, 0.25) is 0 Å². The van der Waals surface area contributed by atoms with Gasteiger partial charge in [0.2, 0.25) is 5.95 Å². The van der Waals surface area contributed by atoms with E-state index in [1.807, 2.05) is 0 Å². The second-order valence-corrected chi connectivity index (χ2v) is 5.72. The lowest BCUT2D eigenvalue weighted by molar-refractivity contribution is -0.137. The molecule has 1 atom stereocenters. The van der Waals surface area contributed by atoms with Crippen molar-refractivity contribution in [3.05, 3.63) is 76.0 Å². The molecule has 10 heteroatoms. The highest BCUT2D eigenvalue weighted by Gasteiger charge is 2.30.